The number of aromatic nitrogens is 1. The van der Waals surface area contributed by atoms with Crippen molar-refractivity contribution in [1.29, 1.82) is 0 Å². The van der Waals surface area contributed by atoms with E-state index in [1.165, 1.54) is 35.2 Å². The molecule has 4 nitrogen and oxygen atoms in total. The Balaban J connectivity index is 0.000000324. The van der Waals surface area contributed by atoms with Gasteiger partial charge < -0.3 is 10.2 Å². The Morgan fingerprint density at radius 3 is 2.34 bits per heavy atom. The second-order valence-corrected chi connectivity index (χ2v) is 10.9. The van der Waals surface area contributed by atoms with Crippen LogP contribution in [-0.4, -0.2) is 30.0 Å². The van der Waals surface area contributed by atoms with Gasteiger partial charge in [-0.1, -0.05) is 81.7 Å². The number of benzene rings is 2. The number of unbranched alkanes of at least 4 members (excludes halogenated alkanes) is 1. The monoisotopic (exact) mass is 552 g/mol. The topological polar surface area (TPSA) is 40.5 Å². The van der Waals surface area contributed by atoms with Gasteiger partial charge in [0.1, 0.15) is 5.84 Å². The first-order valence-corrected chi connectivity index (χ1v) is 15.2. The van der Waals surface area contributed by atoms with Crippen molar-refractivity contribution in [2.45, 2.75) is 86.6 Å². The van der Waals surface area contributed by atoms with Crippen molar-refractivity contribution < 1.29 is 0 Å². The number of anilines is 2. The number of aliphatic imine (C=N–C) groups is 1. The predicted octanol–water partition coefficient (Wildman–Crippen LogP) is 10.3. The molecule has 4 rings (SSSR count). The summed E-state index contributed by atoms with van der Waals surface area (Å²) in [5, 5.41) is 4.67. The van der Waals surface area contributed by atoms with Crippen molar-refractivity contribution in [3.05, 3.63) is 102 Å². The molecule has 0 saturated carbocycles. The van der Waals surface area contributed by atoms with Gasteiger partial charge in [-0.05, 0) is 95.0 Å². The largest absolute Gasteiger partial charge is 0.375 e. The van der Waals surface area contributed by atoms with Crippen molar-refractivity contribution in [1.82, 2.24) is 4.98 Å². The molecule has 41 heavy (non-hydrogen) atoms. The molecule has 1 aliphatic rings. The van der Waals surface area contributed by atoms with Crippen molar-refractivity contribution in [2.24, 2.45) is 4.99 Å². The summed E-state index contributed by atoms with van der Waals surface area (Å²) in [7, 11) is 2.10. The summed E-state index contributed by atoms with van der Waals surface area (Å²) in [6.07, 6.45) is 15.0. The zero-order valence-electron chi connectivity index (χ0n) is 27.0. The third-order valence-electron chi connectivity index (χ3n) is 7.40. The van der Waals surface area contributed by atoms with Gasteiger partial charge in [-0.25, -0.2) is 0 Å². The first-order chi connectivity index (χ1) is 19.7. The maximum atomic E-state index is 5.14. The van der Waals surface area contributed by atoms with E-state index in [2.05, 4.69) is 144 Å². The number of nitrogens with zero attached hydrogens (tertiary/aromatic N) is 3. The van der Waals surface area contributed by atoms with Gasteiger partial charge in [0.2, 0.25) is 0 Å². The molecule has 1 aromatic heterocycles. The minimum absolute atomic E-state index is 0.210. The number of hydrogen-bond acceptors (Lipinski definition) is 3. The van der Waals surface area contributed by atoms with Crippen LogP contribution in [0.3, 0.4) is 0 Å². The van der Waals surface area contributed by atoms with Gasteiger partial charge in [0.15, 0.2) is 0 Å². The SMILES string of the molecule is CC/C=C(\C)C(=NC1(C)CC=CC=C1C)Nc1ccc2ncccc2c1.CCCC.CCN(C)c1ccc(C)cc1. The standard InChI is InChI=1S/C23H27N3.C10H15N.C4H10/c1-5-9-17(2)22(26-23(4)14-7-6-10-18(23)3)25-20-12-13-21-19(16-20)11-8-15-24-21;1-4-11(3)10-7-5-9(2)6-8-10;1-3-4-2/h6-13,15-16H,5,14H2,1-4H3,(H,25,26);5-8H,4H2,1-3H3;3-4H2,1-2H3/b17-9+;;. The van der Waals surface area contributed by atoms with E-state index < -0.39 is 0 Å². The maximum Gasteiger partial charge on any atom is 0.128 e. The number of allylic oxidation sites excluding steroid dienone is 3. The van der Waals surface area contributed by atoms with Crippen LogP contribution in [0.25, 0.3) is 10.9 Å². The minimum Gasteiger partial charge on any atom is -0.375 e. The molecular weight excluding hydrogens is 500 g/mol. The van der Waals surface area contributed by atoms with Crippen LogP contribution in [0.4, 0.5) is 11.4 Å². The van der Waals surface area contributed by atoms with E-state index in [-0.39, 0.29) is 5.54 Å². The van der Waals surface area contributed by atoms with Gasteiger partial charge in [0.25, 0.3) is 0 Å². The first kappa shape index (κ1) is 33.5. The molecule has 0 aliphatic heterocycles. The number of nitrogens with one attached hydrogen (secondary N) is 1. The average Bonchev–Trinajstić information content (AvgIpc) is 2.99. The Kier molecular flexibility index (Phi) is 14.1. The second kappa shape index (κ2) is 17.2. The van der Waals surface area contributed by atoms with Crippen molar-refractivity contribution >= 4 is 28.1 Å². The molecule has 0 amide bonds. The normalized spacial score (nSPS) is 16.7. The summed E-state index contributed by atoms with van der Waals surface area (Å²) in [5.74, 6) is 0.931. The lowest BCUT2D eigenvalue weighted by molar-refractivity contribution is 0.555. The van der Waals surface area contributed by atoms with Crippen LogP contribution < -0.4 is 10.2 Å². The van der Waals surface area contributed by atoms with Crippen molar-refractivity contribution in [3.63, 3.8) is 0 Å². The molecule has 1 heterocycles. The molecule has 1 N–H and O–H groups in total. The molecule has 1 unspecified atom stereocenters. The number of hydrogen-bond donors (Lipinski definition) is 1. The lowest BCUT2D eigenvalue weighted by Crippen LogP contribution is -2.29. The summed E-state index contributed by atoms with van der Waals surface area (Å²) in [5.41, 5.74) is 6.88. The summed E-state index contributed by atoms with van der Waals surface area (Å²) >= 11 is 0. The lowest BCUT2D eigenvalue weighted by atomic mass is 9.86. The number of aryl methyl sites for hydroxylation is 1. The summed E-state index contributed by atoms with van der Waals surface area (Å²) in [6, 6.07) is 18.9. The van der Waals surface area contributed by atoms with E-state index >= 15 is 0 Å². The third kappa shape index (κ3) is 10.7. The molecule has 0 saturated heterocycles. The number of fused-ring (bicyclic) bond motifs is 1. The molecule has 1 aliphatic carbocycles. The molecule has 4 heteroatoms. The van der Waals surface area contributed by atoms with Gasteiger partial charge in [0.05, 0.1) is 11.1 Å². The van der Waals surface area contributed by atoms with Crippen LogP contribution in [0.5, 0.6) is 0 Å². The van der Waals surface area contributed by atoms with E-state index in [1.54, 1.807) is 0 Å². The average molecular weight is 553 g/mol. The summed E-state index contributed by atoms with van der Waals surface area (Å²) in [6.45, 7) is 18.3. The molecule has 2 aromatic carbocycles. The number of pyridine rings is 1. The molecule has 0 fully saturated rings. The molecule has 3 aromatic rings. The minimum atomic E-state index is -0.210. The quantitative estimate of drug-likeness (QED) is 0.234. The van der Waals surface area contributed by atoms with Gasteiger partial charge in [-0.15, -0.1) is 0 Å². The Morgan fingerprint density at radius 1 is 1.02 bits per heavy atom. The van der Waals surface area contributed by atoms with Gasteiger partial charge >= 0.3 is 0 Å². The fourth-order valence-corrected chi connectivity index (χ4v) is 4.12. The predicted molar refractivity (Wildman–Crippen MR) is 183 cm³/mol. The molecule has 0 spiro atoms. The van der Waals surface area contributed by atoms with Gasteiger partial charge in [-0.2, -0.15) is 0 Å². The van der Waals surface area contributed by atoms with Crippen LogP contribution in [-0.2, 0) is 0 Å². The molecule has 0 radical (unpaired) electrons. The van der Waals surface area contributed by atoms with E-state index in [0.29, 0.717) is 0 Å². The first-order valence-electron chi connectivity index (χ1n) is 15.2. The summed E-state index contributed by atoms with van der Waals surface area (Å²) in [4.78, 5) is 11.8. The fraction of sp³-hybridized carbons (Fsp3) is 0.405. The van der Waals surface area contributed by atoms with Gasteiger partial charge in [-0.3, -0.25) is 9.98 Å². The lowest BCUT2D eigenvalue weighted by Gasteiger charge is -2.29. The molecule has 1 atom stereocenters. The van der Waals surface area contributed by atoms with Gasteiger partial charge in [0, 0.05) is 36.6 Å². The smallest absolute Gasteiger partial charge is 0.128 e. The Bertz CT molecular complexity index is 1330. The van der Waals surface area contributed by atoms with Crippen LogP contribution in [0.2, 0.25) is 0 Å². The van der Waals surface area contributed by atoms with E-state index in [4.69, 9.17) is 4.99 Å². The van der Waals surface area contributed by atoms with Crippen LogP contribution in [0.1, 0.15) is 79.7 Å². The zero-order chi connectivity index (χ0) is 30.3. The van der Waals surface area contributed by atoms with Crippen LogP contribution >= 0.6 is 0 Å². The van der Waals surface area contributed by atoms with Crippen LogP contribution in [0.15, 0.2) is 101 Å². The highest BCUT2D eigenvalue weighted by atomic mass is 15.1. The molecule has 220 valence electrons. The van der Waals surface area contributed by atoms with Crippen molar-refractivity contribution in [2.75, 3.05) is 23.8 Å². The van der Waals surface area contributed by atoms with E-state index in [9.17, 15) is 0 Å². The number of rotatable bonds is 7. The Hall–Kier alpha value is -3.66. The zero-order valence-corrected chi connectivity index (χ0v) is 27.0. The van der Waals surface area contributed by atoms with Crippen molar-refractivity contribution in [3.8, 4) is 0 Å². The summed E-state index contributed by atoms with van der Waals surface area (Å²) < 4.78 is 0. The van der Waals surface area contributed by atoms with E-state index in [0.717, 1.165) is 41.8 Å². The second-order valence-electron chi connectivity index (χ2n) is 10.9. The Morgan fingerprint density at radius 2 is 1.73 bits per heavy atom. The Labute approximate surface area is 250 Å². The molecular formula is C37H52N4. The van der Waals surface area contributed by atoms with Crippen LogP contribution in [0, 0.1) is 6.92 Å². The third-order valence-corrected chi connectivity index (χ3v) is 7.40. The highest BCUT2D eigenvalue weighted by Crippen LogP contribution is 2.30. The fourth-order valence-electron chi connectivity index (χ4n) is 4.12. The maximum absolute atomic E-state index is 5.14. The molecule has 0 bridgehead atoms. The van der Waals surface area contributed by atoms with E-state index in [1.807, 2.05) is 18.3 Å². The highest BCUT2D eigenvalue weighted by molar-refractivity contribution is 6.08. The highest BCUT2D eigenvalue weighted by Gasteiger charge is 2.26. The number of amidine groups is 1.